The predicted molar refractivity (Wildman–Crippen MR) is 83.1 cm³/mol. The molecule has 0 aromatic heterocycles. The van der Waals surface area contributed by atoms with Gasteiger partial charge in [0.05, 0.1) is 13.2 Å². The van der Waals surface area contributed by atoms with E-state index in [2.05, 4.69) is 12.2 Å². The van der Waals surface area contributed by atoms with E-state index in [0.29, 0.717) is 6.61 Å². The Morgan fingerprint density at radius 3 is 2.24 bits per heavy atom. The first-order chi connectivity index (χ1) is 10.1. The molecule has 5 heteroatoms. The van der Waals surface area contributed by atoms with Gasteiger partial charge in [0.25, 0.3) is 0 Å². The van der Waals surface area contributed by atoms with Crippen LogP contribution in [0.1, 0.15) is 66.2 Å². The maximum Gasteiger partial charge on any atom is 0.407 e. The number of carbonyl (C=O) groups excluding carboxylic acids is 2. The first-order valence-corrected chi connectivity index (χ1v) is 8.16. The zero-order valence-electron chi connectivity index (χ0n) is 13.9. The third-order valence-electron chi connectivity index (χ3n) is 3.51. The highest BCUT2D eigenvalue weighted by Gasteiger charge is 2.27. The van der Waals surface area contributed by atoms with Crippen molar-refractivity contribution in [1.82, 2.24) is 5.32 Å². The van der Waals surface area contributed by atoms with Crippen molar-refractivity contribution in [2.45, 2.75) is 72.3 Å². The summed E-state index contributed by atoms with van der Waals surface area (Å²) < 4.78 is 10.1. The highest BCUT2D eigenvalue weighted by atomic mass is 16.6. The Balaban J connectivity index is 4.16. The highest BCUT2D eigenvalue weighted by molar-refractivity contribution is 5.81. The molecule has 0 fully saturated rings. The van der Waals surface area contributed by atoms with Crippen molar-refractivity contribution in [3.63, 3.8) is 0 Å². The van der Waals surface area contributed by atoms with Gasteiger partial charge < -0.3 is 14.8 Å². The Labute approximate surface area is 128 Å². The summed E-state index contributed by atoms with van der Waals surface area (Å²) in [6, 6.07) is -0.635. The summed E-state index contributed by atoms with van der Waals surface area (Å²) in [6.07, 6.45) is 5.74. The van der Waals surface area contributed by atoms with Crippen LogP contribution in [0, 0.1) is 5.92 Å². The summed E-state index contributed by atoms with van der Waals surface area (Å²) in [7, 11) is 0. The number of alkyl carbamates (subject to hydrolysis) is 1. The third-order valence-corrected chi connectivity index (χ3v) is 3.51. The maximum atomic E-state index is 12.1. The van der Waals surface area contributed by atoms with E-state index in [0.717, 1.165) is 19.3 Å². The molecule has 0 spiro atoms. The molecular weight excluding hydrogens is 270 g/mol. The number of nitrogens with one attached hydrogen (secondary N) is 1. The van der Waals surface area contributed by atoms with Crippen molar-refractivity contribution in [3.05, 3.63) is 0 Å². The first kappa shape index (κ1) is 19.7. The molecule has 0 aliphatic carbocycles. The molecule has 0 heterocycles. The van der Waals surface area contributed by atoms with E-state index in [1.165, 1.54) is 19.3 Å². The summed E-state index contributed by atoms with van der Waals surface area (Å²) in [5.41, 5.74) is 0. The molecule has 0 aromatic carbocycles. The molecule has 124 valence electrons. The van der Waals surface area contributed by atoms with Crippen LogP contribution in [-0.2, 0) is 14.3 Å². The number of amides is 1. The van der Waals surface area contributed by atoms with E-state index in [4.69, 9.17) is 9.47 Å². The van der Waals surface area contributed by atoms with Gasteiger partial charge in [-0.1, -0.05) is 52.9 Å². The molecule has 2 atom stereocenters. The van der Waals surface area contributed by atoms with E-state index < -0.39 is 12.1 Å². The first-order valence-electron chi connectivity index (χ1n) is 8.16. The van der Waals surface area contributed by atoms with Gasteiger partial charge in [-0.15, -0.1) is 0 Å². The van der Waals surface area contributed by atoms with Gasteiger partial charge in [-0.3, -0.25) is 0 Å². The van der Waals surface area contributed by atoms with E-state index in [1.54, 1.807) is 6.92 Å². The Bertz CT molecular complexity index is 294. The van der Waals surface area contributed by atoms with Gasteiger partial charge in [0.2, 0.25) is 0 Å². The lowest BCUT2D eigenvalue weighted by atomic mass is 9.99. The van der Waals surface area contributed by atoms with Gasteiger partial charge >= 0.3 is 12.1 Å². The second kappa shape index (κ2) is 12.5. The molecule has 0 saturated heterocycles. The average Bonchev–Trinajstić information content (AvgIpc) is 2.47. The molecule has 0 bridgehead atoms. The van der Waals surface area contributed by atoms with Crippen molar-refractivity contribution in [2.75, 3.05) is 13.2 Å². The van der Waals surface area contributed by atoms with Crippen molar-refractivity contribution >= 4 is 12.1 Å². The summed E-state index contributed by atoms with van der Waals surface area (Å²) in [5.74, 6) is -0.352. The van der Waals surface area contributed by atoms with Gasteiger partial charge in [-0.05, 0) is 19.3 Å². The molecule has 5 nitrogen and oxygen atoms in total. The lowest BCUT2D eigenvalue weighted by Crippen LogP contribution is -2.46. The van der Waals surface area contributed by atoms with Gasteiger partial charge in [0.1, 0.15) is 6.04 Å². The molecule has 1 amide bonds. The Hall–Kier alpha value is -1.26. The van der Waals surface area contributed by atoms with E-state index in [9.17, 15) is 9.59 Å². The molecule has 0 aliphatic rings. The minimum atomic E-state index is -0.635. The summed E-state index contributed by atoms with van der Waals surface area (Å²) in [5, 5.41) is 2.59. The summed E-state index contributed by atoms with van der Waals surface area (Å²) in [6.45, 7) is 8.48. The fourth-order valence-corrected chi connectivity index (χ4v) is 1.94. The average molecular weight is 301 g/mol. The van der Waals surface area contributed by atoms with Crippen LogP contribution in [0.3, 0.4) is 0 Å². The molecule has 21 heavy (non-hydrogen) atoms. The number of esters is 1. The lowest BCUT2D eigenvalue weighted by Gasteiger charge is -2.22. The molecule has 0 saturated carbocycles. The standard InChI is InChI=1S/C16H31NO4/c1-5-8-9-10-11-12-21-15(18)14(13(4)6-2)17-16(19)20-7-3/h13-14H,5-12H2,1-4H3,(H,17,19). The van der Waals surface area contributed by atoms with Gasteiger partial charge in [-0.2, -0.15) is 0 Å². The molecule has 1 N–H and O–H groups in total. The molecular formula is C16H31NO4. The number of hydrogen-bond acceptors (Lipinski definition) is 4. The fraction of sp³-hybridized carbons (Fsp3) is 0.875. The number of unbranched alkanes of at least 4 members (excludes halogenated alkanes) is 4. The van der Waals surface area contributed by atoms with Crippen LogP contribution < -0.4 is 5.32 Å². The van der Waals surface area contributed by atoms with Crippen LogP contribution in [0.2, 0.25) is 0 Å². The van der Waals surface area contributed by atoms with E-state index in [1.807, 2.05) is 13.8 Å². The number of hydrogen-bond donors (Lipinski definition) is 1. The number of carbonyl (C=O) groups is 2. The molecule has 0 aromatic rings. The SMILES string of the molecule is CCCCCCCOC(=O)C(NC(=O)OCC)C(C)CC. The maximum absolute atomic E-state index is 12.1. The van der Waals surface area contributed by atoms with Crippen LogP contribution in [-0.4, -0.2) is 31.3 Å². The van der Waals surface area contributed by atoms with Crippen LogP contribution in [0.15, 0.2) is 0 Å². The number of ether oxygens (including phenoxy) is 2. The Kier molecular flexibility index (Phi) is 11.7. The molecule has 2 unspecified atom stereocenters. The van der Waals surface area contributed by atoms with Crippen molar-refractivity contribution in [1.29, 1.82) is 0 Å². The second-order valence-corrected chi connectivity index (χ2v) is 5.31. The highest BCUT2D eigenvalue weighted by Crippen LogP contribution is 2.11. The molecule has 0 aliphatic heterocycles. The Morgan fingerprint density at radius 2 is 1.67 bits per heavy atom. The van der Waals surface area contributed by atoms with Crippen molar-refractivity contribution < 1.29 is 19.1 Å². The zero-order chi connectivity index (χ0) is 16.1. The monoisotopic (exact) mass is 301 g/mol. The van der Waals surface area contributed by atoms with Crippen LogP contribution in [0.5, 0.6) is 0 Å². The minimum absolute atomic E-state index is 0.0157. The minimum Gasteiger partial charge on any atom is -0.464 e. The number of rotatable bonds is 11. The Morgan fingerprint density at radius 1 is 1.00 bits per heavy atom. The van der Waals surface area contributed by atoms with Crippen LogP contribution in [0.4, 0.5) is 4.79 Å². The summed E-state index contributed by atoms with van der Waals surface area (Å²) in [4.78, 5) is 23.6. The van der Waals surface area contributed by atoms with Gasteiger partial charge in [0.15, 0.2) is 0 Å². The van der Waals surface area contributed by atoms with Crippen molar-refractivity contribution in [3.8, 4) is 0 Å². The quantitative estimate of drug-likeness (QED) is 0.467. The lowest BCUT2D eigenvalue weighted by molar-refractivity contribution is -0.147. The third kappa shape index (κ3) is 9.32. The zero-order valence-corrected chi connectivity index (χ0v) is 13.9. The van der Waals surface area contributed by atoms with E-state index in [-0.39, 0.29) is 18.5 Å². The van der Waals surface area contributed by atoms with Crippen LogP contribution >= 0.6 is 0 Å². The summed E-state index contributed by atoms with van der Waals surface area (Å²) >= 11 is 0. The molecule has 0 radical (unpaired) electrons. The van der Waals surface area contributed by atoms with Crippen LogP contribution in [0.25, 0.3) is 0 Å². The normalized spacial score (nSPS) is 13.3. The largest absolute Gasteiger partial charge is 0.464 e. The van der Waals surface area contributed by atoms with E-state index >= 15 is 0 Å². The van der Waals surface area contributed by atoms with Gasteiger partial charge in [-0.25, -0.2) is 9.59 Å². The second-order valence-electron chi connectivity index (χ2n) is 5.31. The predicted octanol–water partition coefficient (Wildman–Crippen LogP) is 3.66. The topological polar surface area (TPSA) is 64.6 Å². The van der Waals surface area contributed by atoms with Crippen molar-refractivity contribution in [2.24, 2.45) is 5.92 Å². The fourth-order valence-electron chi connectivity index (χ4n) is 1.94. The molecule has 0 rings (SSSR count). The smallest absolute Gasteiger partial charge is 0.407 e. The van der Waals surface area contributed by atoms with Gasteiger partial charge in [0, 0.05) is 0 Å².